The Morgan fingerprint density at radius 3 is 2.48 bits per heavy atom. The lowest BCUT2D eigenvalue weighted by atomic mass is 10.1. The summed E-state index contributed by atoms with van der Waals surface area (Å²) in [7, 11) is -4.67. The van der Waals surface area contributed by atoms with Crippen LogP contribution in [0.15, 0.2) is 52.0 Å². The summed E-state index contributed by atoms with van der Waals surface area (Å²) < 4.78 is 39.1. The van der Waals surface area contributed by atoms with E-state index < -0.39 is 10.2 Å². The van der Waals surface area contributed by atoms with Crippen LogP contribution < -0.4 is 5.32 Å². The molecule has 0 unspecified atom stereocenters. The first kappa shape index (κ1) is 15.2. The molecule has 112 valence electrons. The van der Waals surface area contributed by atoms with E-state index in [9.17, 15) is 17.1 Å². The van der Waals surface area contributed by atoms with Gasteiger partial charge in [-0.25, -0.2) is 0 Å². The van der Waals surface area contributed by atoms with Gasteiger partial charge in [-0.3, -0.25) is 4.79 Å². The number of carbonyl (C=O) groups is 1. The number of amides is 1. The lowest BCUT2D eigenvalue weighted by Crippen LogP contribution is -2.22. The zero-order valence-electron chi connectivity index (χ0n) is 11.1. The van der Waals surface area contributed by atoms with Gasteiger partial charge in [-0.2, -0.15) is 8.42 Å². The van der Waals surface area contributed by atoms with Crippen LogP contribution in [0.3, 0.4) is 0 Å². The standard InChI is InChI=1S/C14H14FNO4S/c15-21(18,19)13-6-3-11(4-7-13)5-8-14(17)16-10-12-2-1-9-20-12/h1-4,6-7,9H,5,8,10H2,(H,16,17). The summed E-state index contributed by atoms with van der Waals surface area (Å²) in [6, 6.07) is 8.85. The first-order valence-electron chi connectivity index (χ1n) is 6.28. The van der Waals surface area contributed by atoms with Crippen molar-refractivity contribution in [2.24, 2.45) is 0 Å². The molecule has 5 nitrogen and oxygen atoms in total. The number of hydrogen-bond donors (Lipinski definition) is 1. The Morgan fingerprint density at radius 2 is 1.90 bits per heavy atom. The van der Waals surface area contributed by atoms with Crippen molar-refractivity contribution in [3.63, 3.8) is 0 Å². The molecule has 0 saturated carbocycles. The molecule has 2 aromatic rings. The normalized spacial score (nSPS) is 11.3. The van der Waals surface area contributed by atoms with Crippen LogP contribution in [0.4, 0.5) is 3.89 Å². The summed E-state index contributed by atoms with van der Waals surface area (Å²) in [5, 5.41) is 2.70. The molecule has 1 aromatic carbocycles. The number of furan rings is 1. The highest BCUT2D eigenvalue weighted by Gasteiger charge is 2.11. The fourth-order valence-electron chi connectivity index (χ4n) is 1.76. The van der Waals surface area contributed by atoms with Crippen molar-refractivity contribution in [1.29, 1.82) is 0 Å². The molecular formula is C14H14FNO4S. The van der Waals surface area contributed by atoms with Crippen LogP contribution in [-0.4, -0.2) is 14.3 Å². The van der Waals surface area contributed by atoms with Gasteiger partial charge in [-0.15, -0.1) is 3.89 Å². The highest BCUT2D eigenvalue weighted by Crippen LogP contribution is 2.14. The highest BCUT2D eigenvalue weighted by atomic mass is 32.3. The second-order valence-electron chi connectivity index (χ2n) is 4.44. The molecular weight excluding hydrogens is 297 g/mol. The fourth-order valence-corrected chi connectivity index (χ4v) is 2.22. The van der Waals surface area contributed by atoms with Crippen LogP contribution in [-0.2, 0) is 28.0 Å². The Kier molecular flexibility index (Phi) is 4.74. The summed E-state index contributed by atoms with van der Waals surface area (Å²) in [5.41, 5.74) is 0.760. The minimum atomic E-state index is -4.67. The topological polar surface area (TPSA) is 76.4 Å². The Balaban J connectivity index is 1.81. The van der Waals surface area contributed by atoms with Gasteiger partial charge in [-0.05, 0) is 36.2 Å². The third-order valence-electron chi connectivity index (χ3n) is 2.89. The van der Waals surface area contributed by atoms with Gasteiger partial charge in [0.25, 0.3) is 0 Å². The first-order valence-corrected chi connectivity index (χ1v) is 7.66. The number of aryl methyl sites for hydroxylation is 1. The predicted octanol–water partition coefficient (Wildman–Crippen LogP) is 2.19. The third-order valence-corrected chi connectivity index (χ3v) is 3.72. The van der Waals surface area contributed by atoms with Crippen LogP contribution in [0.25, 0.3) is 0 Å². The van der Waals surface area contributed by atoms with Gasteiger partial charge < -0.3 is 9.73 Å². The van der Waals surface area contributed by atoms with E-state index in [1.165, 1.54) is 30.5 Å². The molecule has 0 atom stereocenters. The average Bonchev–Trinajstić information content (AvgIpc) is 2.95. The summed E-state index contributed by atoms with van der Waals surface area (Å²) >= 11 is 0. The van der Waals surface area contributed by atoms with E-state index in [1.54, 1.807) is 12.1 Å². The van der Waals surface area contributed by atoms with Crippen LogP contribution in [0.1, 0.15) is 17.7 Å². The molecule has 0 aliphatic carbocycles. The number of rotatable bonds is 6. The van der Waals surface area contributed by atoms with Gasteiger partial charge in [0.1, 0.15) is 5.76 Å². The molecule has 2 rings (SSSR count). The summed E-state index contributed by atoms with van der Waals surface area (Å²) in [4.78, 5) is 11.2. The molecule has 0 radical (unpaired) electrons. The minimum Gasteiger partial charge on any atom is -0.467 e. The average molecular weight is 311 g/mol. The van der Waals surface area contributed by atoms with E-state index in [2.05, 4.69) is 5.32 Å². The van der Waals surface area contributed by atoms with E-state index in [4.69, 9.17) is 4.42 Å². The molecule has 0 aliphatic heterocycles. The van der Waals surface area contributed by atoms with Gasteiger partial charge in [0.15, 0.2) is 0 Å². The quantitative estimate of drug-likeness (QED) is 0.830. The van der Waals surface area contributed by atoms with Crippen molar-refractivity contribution in [3.05, 3.63) is 54.0 Å². The van der Waals surface area contributed by atoms with Crippen molar-refractivity contribution in [2.45, 2.75) is 24.3 Å². The molecule has 1 aromatic heterocycles. The van der Waals surface area contributed by atoms with Gasteiger partial charge in [0.2, 0.25) is 5.91 Å². The SMILES string of the molecule is O=C(CCc1ccc(S(=O)(=O)F)cc1)NCc1ccco1. The molecule has 21 heavy (non-hydrogen) atoms. The van der Waals surface area contributed by atoms with Crippen LogP contribution in [0, 0.1) is 0 Å². The van der Waals surface area contributed by atoms with E-state index in [0.29, 0.717) is 18.7 Å². The summed E-state index contributed by atoms with van der Waals surface area (Å²) in [6.07, 6.45) is 2.22. The third kappa shape index (κ3) is 4.71. The highest BCUT2D eigenvalue weighted by molar-refractivity contribution is 7.86. The van der Waals surface area contributed by atoms with Crippen LogP contribution >= 0.6 is 0 Å². The molecule has 0 fully saturated rings. The lowest BCUT2D eigenvalue weighted by molar-refractivity contribution is -0.121. The molecule has 0 saturated heterocycles. The number of hydrogen-bond acceptors (Lipinski definition) is 4. The van der Waals surface area contributed by atoms with E-state index in [1.807, 2.05) is 0 Å². The Morgan fingerprint density at radius 1 is 1.19 bits per heavy atom. The maximum atomic E-state index is 12.7. The molecule has 7 heteroatoms. The van der Waals surface area contributed by atoms with Crippen molar-refractivity contribution in [2.75, 3.05) is 0 Å². The number of benzene rings is 1. The van der Waals surface area contributed by atoms with Crippen LogP contribution in [0.5, 0.6) is 0 Å². The largest absolute Gasteiger partial charge is 0.467 e. The molecule has 0 aliphatic rings. The first-order chi connectivity index (χ1) is 9.95. The number of carbonyl (C=O) groups excluding carboxylic acids is 1. The predicted molar refractivity (Wildman–Crippen MR) is 73.6 cm³/mol. The zero-order chi connectivity index (χ0) is 15.3. The maximum absolute atomic E-state index is 12.7. The Bertz CT molecular complexity index is 693. The smallest absolute Gasteiger partial charge is 0.332 e. The van der Waals surface area contributed by atoms with Gasteiger partial charge >= 0.3 is 10.2 Å². The molecule has 1 amide bonds. The molecule has 1 heterocycles. The lowest BCUT2D eigenvalue weighted by Gasteiger charge is -2.04. The minimum absolute atomic E-state index is 0.145. The second-order valence-corrected chi connectivity index (χ2v) is 5.78. The summed E-state index contributed by atoms with van der Waals surface area (Å²) in [6.45, 7) is 0.324. The summed E-state index contributed by atoms with van der Waals surface area (Å²) in [5.74, 6) is 0.523. The van der Waals surface area contributed by atoms with E-state index in [0.717, 1.165) is 5.56 Å². The molecule has 0 spiro atoms. The van der Waals surface area contributed by atoms with E-state index >= 15 is 0 Å². The molecule has 1 N–H and O–H groups in total. The van der Waals surface area contributed by atoms with Crippen molar-refractivity contribution < 1.29 is 21.5 Å². The monoisotopic (exact) mass is 311 g/mol. The number of halogens is 1. The van der Waals surface area contributed by atoms with Gasteiger partial charge in [0.05, 0.1) is 17.7 Å². The van der Waals surface area contributed by atoms with Crippen molar-refractivity contribution in [1.82, 2.24) is 5.32 Å². The Labute approximate surface area is 122 Å². The Hall–Kier alpha value is -2.15. The number of nitrogens with one attached hydrogen (secondary N) is 1. The second kappa shape index (κ2) is 6.53. The van der Waals surface area contributed by atoms with Crippen LogP contribution in [0.2, 0.25) is 0 Å². The van der Waals surface area contributed by atoms with Gasteiger partial charge in [-0.1, -0.05) is 12.1 Å². The van der Waals surface area contributed by atoms with Crippen molar-refractivity contribution >= 4 is 16.1 Å². The maximum Gasteiger partial charge on any atom is 0.332 e. The van der Waals surface area contributed by atoms with E-state index in [-0.39, 0.29) is 17.2 Å². The van der Waals surface area contributed by atoms with Crippen molar-refractivity contribution in [3.8, 4) is 0 Å². The fraction of sp³-hybridized carbons (Fsp3) is 0.214. The molecule has 0 bridgehead atoms. The zero-order valence-corrected chi connectivity index (χ0v) is 11.9. The van der Waals surface area contributed by atoms with Gasteiger partial charge in [0, 0.05) is 6.42 Å².